The van der Waals surface area contributed by atoms with Crippen molar-refractivity contribution in [1.82, 2.24) is 0 Å². The number of hydrogen-bond acceptors (Lipinski definition) is 2. The van der Waals surface area contributed by atoms with Crippen molar-refractivity contribution in [2.45, 2.75) is 38.5 Å². The molecule has 8 rings (SSSR count). The lowest BCUT2D eigenvalue weighted by Gasteiger charge is -2.28. The smallest absolute Gasteiger partial charge is 0.0496 e. The van der Waals surface area contributed by atoms with Gasteiger partial charge in [-0.25, -0.2) is 0 Å². The first-order valence-corrected chi connectivity index (χ1v) is 15.8. The summed E-state index contributed by atoms with van der Waals surface area (Å²) in [4.78, 5) is 4.88. The Hall–Kier alpha value is -5.08. The van der Waals surface area contributed by atoms with Gasteiger partial charge < -0.3 is 9.80 Å². The molecule has 2 atom stereocenters. The lowest BCUT2D eigenvalue weighted by Crippen LogP contribution is -2.12. The lowest BCUT2D eigenvalue weighted by molar-refractivity contribution is 0.769. The summed E-state index contributed by atoms with van der Waals surface area (Å²) in [5.74, 6) is 0.919. The fourth-order valence-corrected chi connectivity index (χ4v) is 7.32. The van der Waals surface area contributed by atoms with Crippen molar-refractivity contribution in [3.05, 3.63) is 168 Å². The van der Waals surface area contributed by atoms with Gasteiger partial charge >= 0.3 is 0 Å². The summed E-state index contributed by atoms with van der Waals surface area (Å²) in [5.41, 5.74) is 15.5. The first-order chi connectivity index (χ1) is 21.7. The minimum Gasteiger partial charge on any atom is -0.310 e. The molecule has 6 aromatic rings. The molecule has 214 valence electrons. The van der Waals surface area contributed by atoms with E-state index in [1.165, 1.54) is 67.5 Å². The average molecular weight is 569 g/mol. The fraction of sp³-hybridized carbons (Fsp3) is 0.143. The molecule has 0 N–H and O–H groups in total. The standard InChI is InChI=1S/C42H36N2/c1-29-27-33-11-3-7-15-39(33)43(41-17-9-5-13-37(29)41)35-23-19-31(20-24-35)32-21-25-36(26-22-32)44-40-16-8-4-12-34(40)28-30(2)38-14-6-10-18-42(38)44/h3-26,29-30H,27-28H2,1-2H3. The zero-order valence-corrected chi connectivity index (χ0v) is 25.3. The van der Waals surface area contributed by atoms with Gasteiger partial charge in [0.2, 0.25) is 0 Å². The highest BCUT2D eigenvalue weighted by molar-refractivity contribution is 5.85. The predicted octanol–water partition coefficient (Wildman–Crippen LogP) is 11.6. The summed E-state index contributed by atoms with van der Waals surface area (Å²) in [7, 11) is 0. The molecule has 44 heavy (non-hydrogen) atoms. The SMILES string of the molecule is CC1Cc2ccccc2N(c2ccc(-c3ccc(N4c5ccccc5CC(C)c5ccccc54)cc3)cc2)c2ccccc21. The Labute approximate surface area is 260 Å². The third-order valence-corrected chi connectivity index (χ3v) is 9.52. The second-order valence-corrected chi connectivity index (χ2v) is 12.3. The quantitative estimate of drug-likeness (QED) is 0.209. The molecule has 0 amide bonds. The largest absolute Gasteiger partial charge is 0.310 e. The molecule has 2 unspecified atom stereocenters. The van der Waals surface area contributed by atoms with Crippen molar-refractivity contribution in [2.75, 3.05) is 9.80 Å². The minimum atomic E-state index is 0.460. The second-order valence-electron chi connectivity index (χ2n) is 12.3. The van der Waals surface area contributed by atoms with Gasteiger partial charge in [0.15, 0.2) is 0 Å². The predicted molar refractivity (Wildman–Crippen MR) is 185 cm³/mol. The van der Waals surface area contributed by atoms with E-state index in [0.717, 1.165) is 12.8 Å². The molecule has 2 aliphatic rings. The van der Waals surface area contributed by atoms with Crippen molar-refractivity contribution in [3.8, 4) is 11.1 Å². The fourth-order valence-electron chi connectivity index (χ4n) is 7.32. The zero-order valence-electron chi connectivity index (χ0n) is 25.3. The third kappa shape index (κ3) is 4.50. The number of rotatable bonds is 3. The second kappa shape index (κ2) is 10.9. The average Bonchev–Trinajstić information content (AvgIpc) is 3.28. The van der Waals surface area contributed by atoms with Crippen LogP contribution in [0.15, 0.2) is 146 Å². The molecule has 2 heteroatoms. The Bertz CT molecular complexity index is 1810. The molecular weight excluding hydrogens is 532 g/mol. The summed E-state index contributed by atoms with van der Waals surface area (Å²) in [5, 5.41) is 0. The Morgan fingerprint density at radius 1 is 0.386 bits per heavy atom. The Morgan fingerprint density at radius 2 is 0.727 bits per heavy atom. The maximum atomic E-state index is 2.44. The number of para-hydroxylation sites is 4. The van der Waals surface area contributed by atoms with E-state index in [1.807, 2.05) is 0 Å². The van der Waals surface area contributed by atoms with E-state index >= 15 is 0 Å². The Kier molecular flexibility index (Phi) is 6.56. The van der Waals surface area contributed by atoms with Gasteiger partial charge in [0.05, 0.1) is 0 Å². The van der Waals surface area contributed by atoms with Crippen LogP contribution in [0.25, 0.3) is 11.1 Å². The van der Waals surface area contributed by atoms with E-state index in [1.54, 1.807) is 0 Å². The lowest BCUT2D eigenvalue weighted by atomic mass is 9.94. The van der Waals surface area contributed by atoms with E-state index in [2.05, 4.69) is 169 Å². The molecule has 6 aromatic carbocycles. The van der Waals surface area contributed by atoms with Crippen LogP contribution < -0.4 is 9.80 Å². The van der Waals surface area contributed by atoms with E-state index in [4.69, 9.17) is 0 Å². The van der Waals surface area contributed by atoms with Crippen molar-refractivity contribution >= 4 is 34.1 Å². The normalized spacial score (nSPS) is 17.0. The monoisotopic (exact) mass is 568 g/mol. The highest BCUT2D eigenvalue weighted by Crippen LogP contribution is 2.47. The minimum absolute atomic E-state index is 0.460. The van der Waals surface area contributed by atoms with Crippen LogP contribution in [0, 0.1) is 0 Å². The van der Waals surface area contributed by atoms with Gasteiger partial charge in [0.1, 0.15) is 0 Å². The van der Waals surface area contributed by atoms with Gasteiger partial charge in [-0.05, 0) is 107 Å². The van der Waals surface area contributed by atoms with Gasteiger partial charge in [-0.15, -0.1) is 0 Å². The van der Waals surface area contributed by atoms with Crippen molar-refractivity contribution in [1.29, 1.82) is 0 Å². The van der Waals surface area contributed by atoms with Gasteiger partial charge in [0, 0.05) is 34.1 Å². The van der Waals surface area contributed by atoms with Crippen molar-refractivity contribution < 1.29 is 0 Å². The number of anilines is 6. The van der Waals surface area contributed by atoms with Crippen LogP contribution in [0.3, 0.4) is 0 Å². The number of nitrogens with zero attached hydrogens (tertiary/aromatic N) is 2. The molecule has 0 saturated carbocycles. The van der Waals surface area contributed by atoms with Gasteiger partial charge in [-0.3, -0.25) is 0 Å². The molecule has 0 saturated heterocycles. The van der Waals surface area contributed by atoms with Gasteiger partial charge in [0.25, 0.3) is 0 Å². The summed E-state index contributed by atoms with van der Waals surface area (Å²) >= 11 is 0. The summed E-state index contributed by atoms with van der Waals surface area (Å²) in [6.45, 7) is 4.69. The first-order valence-electron chi connectivity index (χ1n) is 15.8. The molecule has 2 heterocycles. The number of benzene rings is 6. The van der Waals surface area contributed by atoms with E-state index in [0.29, 0.717) is 11.8 Å². The first kappa shape index (κ1) is 26.5. The van der Waals surface area contributed by atoms with Crippen LogP contribution in [0.5, 0.6) is 0 Å². The van der Waals surface area contributed by atoms with Crippen molar-refractivity contribution in [2.24, 2.45) is 0 Å². The van der Waals surface area contributed by atoms with Crippen LogP contribution in [0.1, 0.15) is 47.9 Å². The molecule has 0 fully saturated rings. The van der Waals surface area contributed by atoms with E-state index in [9.17, 15) is 0 Å². The molecule has 0 aliphatic carbocycles. The van der Waals surface area contributed by atoms with Crippen LogP contribution in [-0.2, 0) is 12.8 Å². The molecule has 2 aliphatic heterocycles. The number of hydrogen-bond donors (Lipinski definition) is 0. The molecule has 0 aromatic heterocycles. The maximum Gasteiger partial charge on any atom is 0.0496 e. The highest BCUT2D eigenvalue weighted by Gasteiger charge is 2.27. The Balaban J connectivity index is 1.15. The zero-order chi connectivity index (χ0) is 29.6. The van der Waals surface area contributed by atoms with E-state index < -0.39 is 0 Å². The van der Waals surface area contributed by atoms with Gasteiger partial charge in [-0.1, -0.05) is 111 Å². The van der Waals surface area contributed by atoms with Gasteiger partial charge in [-0.2, -0.15) is 0 Å². The third-order valence-electron chi connectivity index (χ3n) is 9.52. The number of fused-ring (bicyclic) bond motifs is 4. The van der Waals surface area contributed by atoms with Crippen LogP contribution in [-0.4, -0.2) is 0 Å². The summed E-state index contributed by atoms with van der Waals surface area (Å²) in [6.07, 6.45) is 2.08. The molecule has 0 radical (unpaired) electrons. The highest BCUT2D eigenvalue weighted by atomic mass is 15.2. The maximum absolute atomic E-state index is 2.44. The van der Waals surface area contributed by atoms with Crippen LogP contribution >= 0.6 is 0 Å². The summed E-state index contributed by atoms with van der Waals surface area (Å²) in [6, 6.07) is 53.6. The molecule has 0 spiro atoms. The Morgan fingerprint density at radius 3 is 1.14 bits per heavy atom. The topological polar surface area (TPSA) is 6.48 Å². The van der Waals surface area contributed by atoms with Crippen LogP contribution in [0.4, 0.5) is 34.1 Å². The molecule has 2 nitrogen and oxygen atoms in total. The van der Waals surface area contributed by atoms with Crippen molar-refractivity contribution in [3.63, 3.8) is 0 Å². The molecule has 0 bridgehead atoms. The van der Waals surface area contributed by atoms with E-state index in [-0.39, 0.29) is 0 Å². The summed E-state index contributed by atoms with van der Waals surface area (Å²) < 4.78 is 0. The molecular formula is C42H36N2. The van der Waals surface area contributed by atoms with Crippen LogP contribution in [0.2, 0.25) is 0 Å².